The summed E-state index contributed by atoms with van der Waals surface area (Å²) in [4.78, 5) is 28.2. The number of likely N-dealkylation sites (tertiary alicyclic amines) is 1. The van der Waals surface area contributed by atoms with E-state index >= 15 is 0 Å². The van der Waals surface area contributed by atoms with Gasteiger partial charge in [0.25, 0.3) is 0 Å². The molecule has 1 aromatic rings. The number of halogens is 1. The number of carbonyl (C=O) groups is 2. The zero-order chi connectivity index (χ0) is 17.3. The molecule has 0 saturated carbocycles. The number of piperidine rings is 1. The smallest absolute Gasteiger partial charge is 0.321 e. The van der Waals surface area contributed by atoms with Crippen LogP contribution in [-0.2, 0) is 0 Å². The Bertz CT molecular complexity index is 641. The van der Waals surface area contributed by atoms with Crippen molar-refractivity contribution >= 4 is 33.7 Å². The van der Waals surface area contributed by atoms with Crippen molar-refractivity contribution in [3.63, 3.8) is 0 Å². The summed E-state index contributed by atoms with van der Waals surface area (Å²) < 4.78 is 1.01. The molecule has 2 saturated heterocycles. The van der Waals surface area contributed by atoms with Crippen molar-refractivity contribution in [2.24, 2.45) is 0 Å². The summed E-state index contributed by atoms with van der Waals surface area (Å²) in [7, 11) is 0. The molecular weight excluding hydrogens is 372 g/mol. The van der Waals surface area contributed by atoms with Gasteiger partial charge in [-0.1, -0.05) is 15.9 Å². The predicted octanol–water partition coefficient (Wildman–Crippen LogP) is 3.09. The van der Waals surface area contributed by atoms with Crippen LogP contribution in [0.1, 0.15) is 24.0 Å². The average Bonchev–Trinajstić information content (AvgIpc) is 2.97. The molecule has 0 bridgehead atoms. The van der Waals surface area contributed by atoms with Crippen molar-refractivity contribution in [1.82, 2.24) is 15.1 Å². The number of aryl methyl sites for hydroxylation is 2. The number of rotatable bonds is 2. The molecule has 1 aromatic carbocycles. The van der Waals surface area contributed by atoms with Gasteiger partial charge in [0.05, 0.1) is 6.04 Å². The molecule has 2 N–H and O–H groups in total. The molecule has 0 aromatic heterocycles. The van der Waals surface area contributed by atoms with E-state index in [1.807, 2.05) is 35.8 Å². The Morgan fingerprint density at radius 1 is 1.29 bits per heavy atom. The van der Waals surface area contributed by atoms with Crippen LogP contribution >= 0.6 is 15.9 Å². The molecule has 2 aliphatic rings. The van der Waals surface area contributed by atoms with Gasteiger partial charge in [-0.05, 0) is 49.9 Å². The summed E-state index contributed by atoms with van der Waals surface area (Å²) in [5.74, 6) is 0. The normalized spacial score (nSPS) is 21.0. The standard InChI is InChI=1S/C17H23BrN4O2/c1-11-8-13(18)9-12(2)15(11)20-17(24)21-6-3-4-14(10-21)22-7-5-19-16(22)23/h8-9,14H,3-7,10H2,1-2H3,(H,19,23)(H,20,24). The predicted molar refractivity (Wildman–Crippen MR) is 97.3 cm³/mol. The third kappa shape index (κ3) is 3.50. The number of benzene rings is 1. The van der Waals surface area contributed by atoms with Crippen molar-refractivity contribution in [2.75, 3.05) is 31.5 Å². The maximum atomic E-state index is 12.7. The van der Waals surface area contributed by atoms with E-state index < -0.39 is 0 Å². The summed E-state index contributed by atoms with van der Waals surface area (Å²) >= 11 is 3.47. The zero-order valence-electron chi connectivity index (χ0n) is 14.1. The molecular formula is C17H23BrN4O2. The molecule has 2 aliphatic heterocycles. The number of hydrogen-bond acceptors (Lipinski definition) is 2. The highest BCUT2D eigenvalue weighted by atomic mass is 79.9. The summed E-state index contributed by atoms with van der Waals surface area (Å²) in [5, 5.41) is 5.88. The largest absolute Gasteiger partial charge is 0.336 e. The van der Waals surface area contributed by atoms with Gasteiger partial charge in [0.15, 0.2) is 0 Å². The molecule has 1 atom stereocenters. The SMILES string of the molecule is Cc1cc(Br)cc(C)c1NC(=O)N1CCCC(N2CCNC2=O)C1. The first-order valence-electron chi connectivity index (χ1n) is 8.33. The van der Waals surface area contributed by atoms with Crippen molar-refractivity contribution in [3.05, 3.63) is 27.7 Å². The van der Waals surface area contributed by atoms with Crippen LogP contribution in [0.5, 0.6) is 0 Å². The van der Waals surface area contributed by atoms with E-state index in [1.165, 1.54) is 0 Å². The molecule has 2 fully saturated rings. The van der Waals surface area contributed by atoms with Gasteiger partial charge in [-0.3, -0.25) is 0 Å². The van der Waals surface area contributed by atoms with E-state index in [0.717, 1.165) is 47.2 Å². The van der Waals surface area contributed by atoms with E-state index in [9.17, 15) is 9.59 Å². The van der Waals surface area contributed by atoms with Crippen LogP contribution in [0, 0.1) is 13.8 Å². The molecule has 7 heteroatoms. The first-order chi connectivity index (χ1) is 11.5. The van der Waals surface area contributed by atoms with E-state index in [2.05, 4.69) is 26.6 Å². The van der Waals surface area contributed by atoms with Crippen molar-refractivity contribution < 1.29 is 9.59 Å². The second kappa shape index (κ2) is 7.01. The van der Waals surface area contributed by atoms with Crippen molar-refractivity contribution in [2.45, 2.75) is 32.7 Å². The number of nitrogens with zero attached hydrogens (tertiary/aromatic N) is 2. The third-order valence-electron chi connectivity index (χ3n) is 4.74. The Hall–Kier alpha value is -1.76. The van der Waals surface area contributed by atoms with Gasteiger partial charge in [0, 0.05) is 36.3 Å². The number of amides is 4. The second-order valence-electron chi connectivity index (χ2n) is 6.51. The van der Waals surface area contributed by atoms with Gasteiger partial charge in [-0.15, -0.1) is 0 Å². The second-order valence-corrected chi connectivity index (χ2v) is 7.43. The van der Waals surface area contributed by atoms with Crippen LogP contribution in [-0.4, -0.2) is 54.1 Å². The molecule has 0 aliphatic carbocycles. The number of carbonyl (C=O) groups excluding carboxylic acids is 2. The fourth-order valence-electron chi connectivity index (χ4n) is 3.52. The molecule has 1 unspecified atom stereocenters. The minimum absolute atomic E-state index is 0.0122. The van der Waals surface area contributed by atoms with Gasteiger partial charge in [-0.2, -0.15) is 0 Å². The summed E-state index contributed by atoms with van der Waals surface area (Å²) in [6.45, 7) is 6.71. The summed E-state index contributed by atoms with van der Waals surface area (Å²) in [6, 6.07) is 4.00. The van der Waals surface area contributed by atoms with Crippen molar-refractivity contribution in [3.8, 4) is 0 Å². The average molecular weight is 395 g/mol. The van der Waals surface area contributed by atoms with Crippen LogP contribution in [0.25, 0.3) is 0 Å². The van der Waals surface area contributed by atoms with Gasteiger partial charge >= 0.3 is 12.1 Å². The van der Waals surface area contributed by atoms with E-state index in [-0.39, 0.29) is 18.1 Å². The lowest BCUT2D eigenvalue weighted by Crippen LogP contribution is -2.51. The highest BCUT2D eigenvalue weighted by Crippen LogP contribution is 2.26. The van der Waals surface area contributed by atoms with Gasteiger partial charge < -0.3 is 20.4 Å². The molecule has 0 spiro atoms. The lowest BCUT2D eigenvalue weighted by molar-refractivity contribution is 0.139. The Morgan fingerprint density at radius 2 is 2.00 bits per heavy atom. The first-order valence-corrected chi connectivity index (χ1v) is 9.12. The summed E-state index contributed by atoms with van der Waals surface area (Å²) in [5.41, 5.74) is 2.93. The Labute approximate surface area is 150 Å². The van der Waals surface area contributed by atoms with E-state index in [0.29, 0.717) is 13.1 Å². The van der Waals surface area contributed by atoms with Crippen LogP contribution < -0.4 is 10.6 Å². The first kappa shape index (κ1) is 17.1. The minimum Gasteiger partial charge on any atom is -0.336 e. The lowest BCUT2D eigenvalue weighted by Gasteiger charge is -2.37. The van der Waals surface area contributed by atoms with Crippen molar-refractivity contribution in [1.29, 1.82) is 0 Å². The number of urea groups is 2. The Kier molecular flexibility index (Phi) is 4.99. The summed E-state index contributed by atoms with van der Waals surface area (Å²) in [6.07, 6.45) is 1.87. The zero-order valence-corrected chi connectivity index (χ0v) is 15.6. The van der Waals surface area contributed by atoms with Crippen LogP contribution in [0.4, 0.5) is 15.3 Å². The third-order valence-corrected chi connectivity index (χ3v) is 5.20. The van der Waals surface area contributed by atoms with Gasteiger partial charge in [0.1, 0.15) is 0 Å². The maximum absolute atomic E-state index is 12.7. The fraction of sp³-hybridized carbons (Fsp3) is 0.529. The Morgan fingerprint density at radius 3 is 2.62 bits per heavy atom. The molecule has 2 heterocycles. The Balaban J connectivity index is 1.68. The molecule has 24 heavy (non-hydrogen) atoms. The monoisotopic (exact) mass is 394 g/mol. The maximum Gasteiger partial charge on any atom is 0.321 e. The lowest BCUT2D eigenvalue weighted by atomic mass is 10.0. The fourth-order valence-corrected chi connectivity index (χ4v) is 4.21. The minimum atomic E-state index is -0.0900. The highest BCUT2D eigenvalue weighted by Gasteiger charge is 2.32. The van der Waals surface area contributed by atoms with Gasteiger partial charge in [0.2, 0.25) is 0 Å². The topological polar surface area (TPSA) is 64.7 Å². The molecule has 6 nitrogen and oxygen atoms in total. The quantitative estimate of drug-likeness (QED) is 0.809. The number of anilines is 1. The van der Waals surface area contributed by atoms with Crippen LogP contribution in [0.3, 0.4) is 0 Å². The van der Waals surface area contributed by atoms with E-state index in [1.54, 1.807) is 0 Å². The van der Waals surface area contributed by atoms with Gasteiger partial charge in [-0.25, -0.2) is 9.59 Å². The molecule has 4 amide bonds. The molecule has 0 radical (unpaired) electrons. The molecule has 3 rings (SSSR count). The van der Waals surface area contributed by atoms with E-state index in [4.69, 9.17) is 0 Å². The highest BCUT2D eigenvalue weighted by molar-refractivity contribution is 9.10. The number of nitrogens with one attached hydrogen (secondary N) is 2. The number of hydrogen-bond donors (Lipinski definition) is 2. The molecule has 130 valence electrons. The van der Waals surface area contributed by atoms with Crippen LogP contribution in [0.2, 0.25) is 0 Å². The van der Waals surface area contributed by atoms with Crippen LogP contribution in [0.15, 0.2) is 16.6 Å².